The summed E-state index contributed by atoms with van der Waals surface area (Å²) >= 11 is 0. The Kier molecular flexibility index (Phi) is 23.5. The third kappa shape index (κ3) is 17.9. The molecule has 12 heteroatoms. The molecule has 0 radical (unpaired) electrons. The largest absolute Gasteiger partial charge is 0.339 e. The van der Waals surface area contributed by atoms with Gasteiger partial charge in [-0.15, -0.1) is 0 Å². The quantitative estimate of drug-likeness (QED) is 0.146. The van der Waals surface area contributed by atoms with E-state index in [-0.39, 0.29) is 23.6 Å². The zero-order valence-corrected chi connectivity index (χ0v) is 27.5. The summed E-state index contributed by atoms with van der Waals surface area (Å²) in [4.78, 5) is 60.5. The van der Waals surface area contributed by atoms with Gasteiger partial charge in [-0.3, -0.25) is 19.2 Å². The first-order chi connectivity index (χ1) is 21.4. The van der Waals surface area contributed by atoms with Crippen LogP contribution in [0.4, 0.5) is 0 Å². The summed E-state index contributed by atoms with van der Waals surface area (Å²) in [6.45, 7) is 5.62. The Bertz CT molecular complexity index is 656. The van der Waals surface area contributed by atoms with Crippen LogP contribution >= 0.6 is 0 Å². The Morgan fingerprint density at radius 3 is 0.659 bits per heavy atom. The fraction of sp³-hybridized carbons (Fsp3) is 0.875. The fourth-order valence-corrected chi connectivity index (χ4v) is 5.43. The third-order valence-corrected chi connectivity index (χ3v) is 8.35. The lowest BCUT2D eigenvalue weighted by Crippen LogP contribution is -2.50. The zero-order chi connectivity index (χ0) is 32.4. The van der Waals surface area contributed by atoms with Crippen LogP contribution in [0.15, 0.2) is 0 Å². The first-order valence-electron chi connectivity index (χ1n) is 17.3. The van der Waals surface area contributed by atoms with E-state index in [4.69, 9.17) is 22.9 Å². The van der Waals surface area contributed by atoms with Gasteiger partial charge >= 0.3 is 0 Å². The van der Waals surface area contributed by atoms with E-state index in [9.17, 15) is 19.2 Å². The van der Waals surface area contributed by atoms with E-state index in [0.717, 1.165) is 77.0 Å². The Labute approximate surface area is 266 Å². The van der Waals surface area contributed by atoms with Crippen molar-refractivity contribution < 1.29 is 19.2 Å². The van der Waals surface area contributed by atoms with Crippen molar-refractivity contribution in [2.45, 2.75) is 103 Å². The monoisotopic (exact) mass is 625 g/mol. The molecule has 0 unspecified atom stereocenters. The van der Waals surface area contributed by atoms with Crippen LogP contribution in [0.2, 0.25) is 0 Å². The number of hydrogen-bond acceptors (Lipinski definition) is 8. The van der Waals surface area contributed by atoms with Crippen LogP contribution in [0, 0.1) is 0 Å². The Balaban J connectivity index is 3.11. The summed E-state index contributed by atoms with van der Waals surface area (Å²) in [5.74, 6) is 0.163. The highest BCUT2D eigenvalue weighted by Crippen LogP contribution is 2.11. The molecule has 1 aliphatic heterocycles. The summed E-state index contributed by atoms with van der Waals surface area (Å²) in [5, 5.41) is 0. The van der Waals surface area contributed by atoms with Crippen molar-refractivity contribution in [3.63, 3.8) is 0 Å². The number of amides is 4. The average Bonchev–Trinajstić information content (AvgIpc) is 3.01. The lowest BCUT2D eigenvalue weighted by molar-refractivity contribution is -0.139. The second-order valence-corrected chi connectivity index (χ2v) is 11.9. The molecule has 4 amide bonds. The molecule has 0 spiro atoms. The molecule has 1 rings (SSSR count). The molecule has 1 heterocycles. The predicted octanol–water partition coefficient (Wildman–Crippen LogP) is 1.39. The van der Waals surface area contributed by atoms with Crippen LogP contribution in [-0.4, -0.2) is 122 Å². The summed E-state index contributed by atoms with van der Waals surface area (Å²) < 4.78 is 0. The highest BCUT2D eigenvalue weighted by Gasteiger charge is 2.24. The maximum absolute atomic E-state index is 13.3. The number of rotatable bonds is 20. The molecule has 44 heavy (non-hydrogen) atoms. The van der Waals surface area contributed by atoms with E-state index in [2.05, 4.69) is 0 Å². The van der Waals surface area contributed by atoms with Gasteiger partial charge < -0.3 is 42.5 Å². The molecule has 1 fully saturated rings. The molecule has 0 atom stereocenters. The maximum Gasteiger partial charge on any atom is 0.222 e. The molecule has 0 aromatic heterocycles. The van der Waals surface area contributed by atoms with Crippen molar-refractivity contribution in [2.24, 2.45) is 22.9 Å². The minimum absolute atomic E-state index is 0.0408. The molecule has 0 bridgehead atoms. The molecular formula is C32H64N8O4. The topological polar surface area (TPSA) is 185 Å². The van der Waals surface area contributed by atoms with E-state index in [1.807, 2.05) is 19.6 Å². The molecular weight excluding hydrogens is 560 g/mol. The fourth-order valence-electron chi connectivity index (χ4n) is 5.43. The van der Waals surface area contributed by atoms with Crippen LogP contribution in [0.25, 0.3) is 0 Å². The molecule has 1 aliphatic rings. The van der Waals surface area contributed by atoms with Gasteiger partial charge in [-0.1, -0.05) is 25.7 Å². The minimum Gasteiger partial charge on any atom is -0.339 e. The molecule has 12 nitrogen and oxygen atoms in total. The van der Waals surface area contributed by atoms with Gasteiger partial charge in [-0.25, -0.2) is 0 Å². The molecule has 0 aromatic carbocycles. The van der Waals surface area contributed by atoms with Crippen LogP contribution < -0.4 is 22.9 Å². The molecule has 0 aliphatic carbocycles. The van der Waals surface area contributed by atoms with E-state index < -0.39 is 0 Å². The van der Waals surface area contributed by atoms with E-state index in [1.54, 1.807) is 0 Å². The molecule has 0 saturated carbocycles. The normalized spacial score (nSPS) is 15.2. The Morgan fingerprint density at radius 2 is 0.500 bits per heavy atom. The second kappa shape index (κ2) is 26.0. The smallest absolute Gasteiger partial charge is 0.222 e. The van der Waals surface area contributed by atoms with E-state index in [1.165, 1.54) is 0 Å². The van der Waals surface area contributed by atoms with E-state index >= 15 is 0 Å². The summed E-state index contributed by atoms with van der Waals surface area (Å²) in [5.41, 5.74) is 22.5. The Hall–Kier alpha value is -2.28. The number of nitrogens with two attached hydrogens (primary N) is 4. The van der Waals surface area contributed by atoms with Gasteiger partial charge in [-0.2, -0.15) is 0 Å². The molecule has 8 N–H and O–H groups in total. The van der Waals surface area contributed by atoms with Crippen LogP contribution in [0.1, 0.15) is 103 Å². The average molecular weight is 625 g/mol. The van der Waals surface area contributed by atoms with Gasteiger partial charge in [0.15, 0.2) is 0 Å². The third-order valence-electron chi connectivity index (χ3n) is 8.35. The summed E-state index contributed by atoms with van der Waals surface area (Å²) in [7, 11) is 0. The first-order valence-corrected chi connectivity index (χ1v) is 17.3. The van der Waals surface area contributed by atoms with Gasteiger partial charge in [-0.05, 0) is 77.5 Å². The molecule has 256 valence electrons. The van der Waals surface area contributed by atoms with Crippen molar-refractivity contribution in [3.05, 3.63) is 0 Å². The van der Waals surface area contributed by atoms with Crippen LogP contribution in [0.3, 0.4) is 0 Å². The van der Waals surface area contributed by atoms with Gasteiger partial charge in [0.05, 0.1) is 0 Å². The van der Waals surface area contributed by atoms with Crippen molar-refractivity contribution >= 4 is 23.6 Å². The zero-order valence-electron chi connectivity index (χ0n) is 27.5. The highest BCUT2D eigenvalue weighted by molar-refractivity contribution is 5.79. The van der Waals surface area contributed by atoms with Gasteiger partial charge in [0.1, 0.15) is 0 Å². The number of carbonyl (C=O) groups is 4. The SMILES string of the molecule is NCCCCCC(=O)N1CCN(C(=O)CCCCCN)CCN(C(=O)CCCCCN)CCN(C(=O)CCCCCN)CC1. The van der Waals surface area contributed by atoms with Gasteiger partial charge in [0.2, 0.25) is 23.6 Å². The van der Waals surface area contributed by atoms with Crippen molar-refractivity contribution in [1.29, 1.82) is 0 Å². The minimum atomic E-state index is 0.0408. The number of hydrogen-bond donors (Lipinski definition) is 4. The Morgan fingerprint density at radius 1 is 0.318 bits per heavy atom. The van der Waals surface area contributed by atoms with Crippen molar-refractivity contribution in [3.8, 4) is 0 Å². The van der Waals surface area contributed by atoms with E-state index in [0.29, 0.717) is 104 Å². The maximum atomic E-state index is 13.3. The van der Waals surface area contributed by atoms with Gasteiger partial charge in [0.25, 0.3) is 0 Å². The van der Waals surface area contributed by atoms with Crippen molar-refractivity contribution in [2.75, 3.05) is 78.5 Å². The van der Waals surface area contributed by atoms with Crippen LogP contribution in [-0.2, 0) is 19.2 Å². The lowest BCUT2D eigenvalue weighted by Gasteiger charge is -2.35. The molecule has 0 aromatic rings. The lowest BCUT2D eigenvalue weighted by atomic mass is 10.1. The number of unbranched alkanes of at least 4 members (excludes halogenated alkanes) is 8. The standard InChI is InChI=1S/C32H64N8O4/c33-17-9-1-5-13-29(41)37-21-23-38(30(42)14-6-2-10-18-34)25-27-40(32(44)16-8-4-12-20-36)28-26-39(24-22-37)31(43)15-7-3-11-19-35/h1-28,33-36H2. The van der Waals surface area contributed by atoms with Crippen molar-refractivity contribution in [1.82, 2.24) is 19.6 Å². The predicted molar refractivity (Wildman–Crippen MR) is 176 cm³/mol. The van der Waals surface area contributed by atoms with Crippen LogP contribution in [0.5, 0.6) is 0 Å². The molecule has 1 saturated heterocycles. The number of carbonyl (C=O) groups excluding carboxylic acids is 4. The first kappa shape index (κ1) is 39.7. The second-order valence-electron chi connectivity index (χ2n) is 11.9. The highest BCUT2D eigenvalue weighted by atomic mass is 16.2. The number of nitrogens with zero attached hydrogens (tertiary/aromatic N) is 4. The summed E-state index contributed by atoms with van der Waals surface area (Å²) in [6.07, 6.45) is 11.9. The summed E-state index contributed by atoms with van der Waals surface area (Å²) in [6, 6.07) is 0. The van der Waals surface area contributed by atoms with Gasteiger partial charge in [0, 0.05) is 78.0 Å².